The van der Waals surface area contributed by atoms with E-state index in [9.17, 15) is 50.2 Å². The van der Waals surface area contributed by atoms with Crippen LogP contribution in [0.25, 0.3) is 16.5 Å². The Hall–Kier alpha value is -8.96. The first-order chi connectivity index (χ1) is 52.7. The van der Waals surface area contributed by atoms with Crippen molar-refractivity contribution in [2.75, 3.05) is 97.8 Å². The number of carbonyl (C=O) groups excluding carboxylic acids is 6. The molecule has 2 aromatic carbocycles. The molecule has 3 aromatic rings. The number of nitrogens with one attached hydrogen (secondary N) is 4. The van der Waals surface area contributed by atoms with Crippen LogP contribution in [0.4, 0.5) is 5.69 Å². The van der Waals surface area contributed by atoms with Crippen molar-refractivity contribution >= 4 is 67.4 Å². The molecule has 1 saturated carbocycles. The fraction of sp³-hybridized carbons (Fsp3) is 0.588. The molecule has 0 radical (unpaired) electrons. The number of carbonyl (C=O) groups is 6. The van der Waals surface area contributed by atoms with Gasteiger partial charge in [0.05, 0.1) is 58.9 Å². The highest BCUT2D eigenvalue weighted by Crippen LogP contribution is 2.65. The van der Waals surface area contributed by atoms with E-state index in [1.54, 1.807) is 42.0 Å². The van der Waals surface area contributed by atoms with E-state index in [0.29, 0.717) is 112 Å². The van der Waals surface area contributed by atoms with Crippen LogP contribution in [0.3, 0.4) is 0 Å². The van der Waals surface area contributed by atoms with Crippen LogP contribution in [0.1, 0.15) is 173 Å². The number of anilines is 1. The predicted octanol–water partition coefficient (Wildman–Crippen LogP) is 10.1. The first kappa shape index (κ1) is 85.0. The number of benzene rings is 2. The summed E-state index contributed by atoms with van der Waals surface area (Å²) >= 11 is 0. The highest BCUT2D eigenvalue weighted by molar-refractivity contribution is 7.90. The molecule has 4 heterocycles. The Bertz CT molecular complexity index is 4230. The molecule has 4 N–H and O–H groups in total. The van der Waals surface area contributed by atoms with Crippen molar-refractivity contribution in [3.8, 4) is 17.2 Å². The maximum atomic E-state index is 14.1. The SMILES string of the molecule is CCN(CC)c1ccc2c(c1)OC(=O)C(/C=C/c1ccc(S(=O)(=O)[O-])c[n+]1CCCCCC(=O)NCCOCCN1CC(CNC(=O)C3=CC(S(=O)(=O)N4CC(C(=O)NCCCCCCC(=O)NCC5=C[C@H](c6c(OC)cc(C(C)(C)CCCCCCN=[N+]=[N-])cc6OC)[C@@H]6C[C@H]5C6(C)C)C=CC4=O)CC=C3)N=N1)C2. The molecule has 598 valence electrons. The summed E-state index contributed by atoms with van der Waals surface area (Å²) in [5.74, 6) is -0.871. The maximum absolute atomic E-state index is 14.1. The van der Waals surface area contributed by atoms with Crippen LogP contribution in [-0.2, 0) is 72.0 Å². The van der Waals surface area contributed by atoms with Gasteiger partial charge in [-0.15, -0.1) is 0 Å². The normalized spacial score (nSPS) is 20.6. The zero-order chi connectivity index (χ0) is 79.2. The lowest BCUT2D eigenvalue weighted by Crippen LogP contribution is -2.52. The number of ether oxygens (including phenoxy) is 4. The first-order valence-corrected chi connectivity index (χ1v) is 41.8. The van der Waals surface area contributed by atoms with Crippen molar-refractivity contribution in [2.24, 2.45) is 44.5 Å². The van der Waals surface area contributed by atoms with Crippen molar-refractivity contribution in [3.63, 3.8) is 0 Å². The Kier molecular flexibility index (Phi) is 30.8. The second kappa shape index (κ2) is 39.8. The Balaban J connectivity index is 0.619. The summed E-state index contributed by atoms with van der Waals surface area (Å²) in [6.45, 7) is 17.9. The monoisotopic (exact) mass is 1560 g/mol. The molecule has 28 nitrogen and oxygen atoms in total. The molecule has 30 heteroatoms. The van der Waals surface area contributed by atoms with Crippen LogP contribution in [-0.4, -0.2) is 170 Å². The van der Waals surface area contributed by atoms with Gasteiger partial charge in [-0.2, -0.15) is 9.68 Å². The van der Waals surface area contributed by atoms with E-state index in [-0.39, 0.29) is 84.7 Å². The third-order valence-electron chi connectivity index (χ3n) is 22.2. The number of amides is 5. The van der Waals surface area contributed by atoms with Gasteiger partial charge in [-0.1, -0.05) is 118 Å². The Morgan fingerprint density at radius 1 is 0.855 bits per heavy atom. The number of pyridine rings is 1. The van der Waals surface area contributed by atoms with Crippen molar-refractivity contribution < 1.29 is 73.7 Å². The smallest absolute Gasteiger partial charge is 0.318 e. The van der Waals surface area contributed by atoms with Gasteiger partial charge in [0.15, 0.2) is 6.20 Å². The number of azide groups is 1. The van der Waals surface area contributed by atoms with Gasteiger partial charge in [0, 0.05) is 117 Å². The van der Waals surface area contributed by atoms with Crippen LogP contribution in [0.2, 0.25) is 0 Å². The summed E-state index contributed by atoms with van der Waals surface area (Å²) < 4.78 is 90.1. The highest BCUT2D eigenvalue weighted by Gasteiger charge is 2.56. The van der Waals surface area contributed by atoms with Crippen LogP contribution >= 0.6 is 0 Å². The number of hydrogen-bond donors (Lipinski definition) is 4. The topological polar surface area (TPSA) is 366 Å². The largest absolute Gasteiger partial charge is 0.744 e. The zero-order valence-corrected chi connectivity index (χ0v) is 66.6. The average molecular weight is 1560 g/mol. The first-order valence-electron chi connectivity index (χ1n) is 38.9. The zero-order valence-electron chi connectivity index (χ0n) is 65.0. The molecule has 4 unspecified atom stereocenters. The number of hydrogen-bond acceptors (Lipinski definition) is 20. The Labute approximate surface area is 647 Å². The van der Waals surface area contributed by atoms with E-state index in [1.165, 1.54) is 42.1 Å². The minimum Gasteiger partial charge on any atom is -0.744 e. The van der Waals surface area contributed by atoms with E-state index in [4.69, 9.17) is 24.5 Å². The molecule has 3 aliphatic heterocycles. The van der Waals surface area contributed by atoms with Crippen LogP contribution in [0, 0.1) is 29.1 Å². The summed E-state index contributed by atoms with van der Waals surface area (Å²) in [6, 6.07) is 12.6. The molecule has 7 atom stereocenters. The van der Waals surface area contributed by atoms with E-state index >= 15 is 0 Å². The van der Waals surface area contributed by atoms with Crippen molar-refractivity contribution in [3.05, 3.63) is 135 Å². The number of nitrogens with zero attached hydrogens (tertiary/aromatic N) is 9. The summed E-state index contributed by atoms with van der Waals surface area (Å²) in [5.41, 5.74) is 14.4. The lowest BCUT2D eigenvalue weighted by molar-refractivity contribution is -0.700. The quantitative estimate of drug-likeness (QED) is 0.00470. The predicted molar refractivity (Wildman–Crippen MR) is 416 cm³/mol. The van der Waals surface area contributed by atoms with Crippen LogP contribution < -0.4 is 44.9 Å². The minimum absolute atomic E-state index is 0.0126. The van der Waals surface area contributed by atoms with Gasteiger partial charge >= 0.3 is 5.97 Å². The molecular formula is C80H111N13O15S2. The number of rotatable bonds is 44. The van der Waals surface area contributed by atoms with Gasteiger partial charge in [-0.25, -0.2) is 21.1 Å². The number of aromatic nitrogens is 1. The van der Waals surface area contributed by atoms with Crippen molar-refractivity contribution in [1.82, 2.24) is 30.6 Å². The molecule has 0 saturated heterocycles. The van der Waals surface area contributed by atoms with Gasteiger partial charge in [-0.05, 0) is 135 Å². The fourth-order valence-corrected chi connectivity index (χ4v) is 17.7. The molecule has 10 rings (SSSR count). The minimum atomic E-state index is -4.73. The number of allylic oxidation sites excluding steroid dienone is 2. The van der Waals surface area contributed by atoms with E-state index < -0.39 is 67.0 Å². The molecule has 1 aromatic heterocycles. The number of sulfonamides is 1. The lowest BCUT2D eigenvalue weighted by Gasteiger charge is -2.59. The third-order valence-corrected chi connectivity index (χ3v) is 25.1. The summed E-state index contributed by atoms with van der Waals surface area (Å²) in [7, 11) is -5.66. The van der Waals surface area contributed by atoms with Crippen molar-refractivity contribution in [2.45, 2.75) is 185 Å². The Morgan fingerprint density at radius 3 is 2.29 bits per heavy atom. The molecular weight excluding hydrogens is 1450 g/mol. The second-order valence-corrected chi connectivity index (χ2v) is 33.9. The average Bonchev–Trinajstić information content (AvgIpc) is 0.756. The number of unbranched alkanes of at least 4 members (excludes halogenated alkanes) is 8. The standard InChI is InChI=1S/C80H111N13O15S2/c1-9-90(10-2)63-31-27-55-43-57(78(99)108-69(55)48-63)28-30-62-32-33-65(110(102,103)104)54-91(62)39-21-15-17-25-72(94)82-38-41-107-42-40-92-53-61(87-89-92)51-85-76(97)56-23-22-24-64(44-56)109(100,101)93-52-58(29-34-74(93)96)77(98)83-36-19-13-11-16-26-73(95)84-50-59-45-66(68-49-67(59)80(68,5)6)75-70(105-7)46-60(47-71(75)106-8)79(3,4)35-18-12-14-20-37-86-88-81/h22-23,27-34,44-48,54,57-58,61,64,66-68H,9-21,24-26,35-43,49-53H2,1-8H3,(H4-,82,83,84,85,94,95,97,98,102,103,104)/b30-28+/t57?,58?,61?,64?,66-,67+,68-/m0/s1. The third kappa shape index (κ3) is 22.6. The van der Waals surface area contributed by atoms with E-state index in [2.05, 4.69) is 106 Å². The Morgan fingerprint density at radius 2 is 1.57 bits per heavy atom. The number of fused-ring (bicyclic) bond motifs is 2. The molecule has 0 spiro atoms. The van der Waals surface area contributed by atoms with E-state index in [0.717, 1.165) is 104 Å². The molecule has 2 bridgehead atoms. The molecule has 4 aliphatic carbocycles. The van der Waals surface area contributed by atoms with Gasteiger partial charge in [-0.3, -0.25) is 33.8 Å². The number of aryl methyl sites for hydroxylation is 1. The highest BCUT2D eigenvalue weighted by atomic mass is 32.2. The van der Waals surface area contributed by atoms with Gasteiger partial charge in [0.2, 0.25) is 33.4 Å². The second-order valence-electron chi connectivity index (χ2n) is 30.4. The lowest BCUT2D eigenvalue weighted by atomic mass is 9.45. The summed E-state index contributed by atoms with van der Waals surface area (Å²) in [6.07, 6.45) is 25.6. The molecule has 110 heavy (non-hydrogen) atoms. The number of methoxy groups -OCH3 is 2. The summed E-state index contributed by atoms with van der Waals surface area (Å²) in [5, 5.41) is 24.3. The van der Waals surface area contributed by atoms with E-state index in [1.807, 2.05) is 18.2 Å². The molecule has 5 amide bonds. The van der Waals surface area contributed by atoms with Gasteiger partial charge in [0.25, 0.3) is 11.8 Å². The number of esters is 1. The van der Waals surface area contributed by atoms with Crippen LogP contribution in [0.15, 0.2) is 123 Å². The fourth-order valence-electron chi connectivity index (χ4n) is 15.5. The van der Waals surface area contributed by atoms with Gasteiger partial charge < -0.3 is 49.7 Å². The molecule has 7 aliphatic rings. The van der Waals surface area contributed by atoms with Crippen molar-refractivity contribution in [1.29, 1.82) is 0 Å². The van der Waals surface area contributed by atoms with Crippen LogP contribution in [0.5, 0.6) is 17.2 Å². The maximum Gasteiger partial charge on any atom is 0.318 e. The summed E-state index contributed by atoms with van der Waals surface area (Å²) in [4.78, 5) is 83.6. The molecule has 1 fully saturated rings. The van der Waals surface area contributed by atoms with Gasteiger partial charge in [0.1, 0.15) is 50.1 Å².